The number of nitriles is 1. The Kier molecular flexibility index (Phi) is 4.56. The Balaban J connectivity index is 1.45. The van der Waals surface area contributed by atoms with Crippen LogP contribution in [-0.2, 0) is 13.0 Å². The Hall–Kier alpha value is -4.25. The molecule has 5 rings (SSSR count). The van der Waals surface area contributed by atoms with Crippen LogP contribution in [0.5, 0.6) is 0 Å². The molecule has 0 bridgehead atoms. The van der Waals surface area contributed by atoms with Crippen molar-refractivity contribution in [3.05, 3.63) is 87.6 Å². The van der Waals surface area contributed by atoms with Crippen LogP contribution in [0.1, 0.15) is 22.4 Å². The second-order valence-electron chi connectivity index (χ2n) is 7.52. The van der Waals surface area contributed by atoms with Crippen LogP contribution in [0.2, 0.25) is 0 Å². The van der Waals surface area contributed by atoms with Crippen molar-refractivity contribution in [1.29, 1.82) is 5.26 Å². The second-order valence-corrected chi connectivity index (χ2v) is 7.52. The summed E-state index contributed by atoms with van der Waals surface area (Å²) in [7, 11) is 0. The predicted molar refractivity (Wildman–Crippen MR) is 117 cm³/mol. The van der Waals surface area contributed by atoms with Gasteiger partial charge >= 0.3 is 0 Å². The van der Waals surface area contributed by atoms with Gasteiger partial charge in [-0.15, -0.1) is 5.10 Å². The summed E-state index contributed by atoms with van der Waals surface area (Å²) in [6, 6.07) is 14.9. The van der Waals surface area contributed by atoms with Gasteiger partial charge in [0.05, 0.1) is 23.5 Å². The molecule has 0 saturated heterocycles. The van der Waals surface area contributed by atoms with E-state index in [1.807, 2.05) is 31.3 Å². The van der Waals surface area contributed by atoms with Crippen LogP contribution in [0.25, 0.3) is 5.65 Å². The molecule has 8 nitrogen and oxygen atoms in total. The fraction of sp³-hybridized carbons (Fsp3) is 0.174. The molecule has 0 spiro atoms. The molecular formula is C23H19N7O. The molecule has 152 valence electrons. The molecule has 3 aromatic heterocycles. The zero-order valence-corrected chi connectivity index (χ0v) is 16.9. The maximum Gasteiger partial charge on any atom is 0.274 e. The van der Waals surface area contributed by atoms with Crippen LogP contribution in [0, 0.1) is 18.3 Å². The number of pyridine rings is 1. The quantitative estimate of drug-likeness (QED) is 0.555. The van der Waals surface area contributed by atoms with E-state index in [9.17, 15) is 4.79 Å². The highest BCUT2D eigenvalue weighted by atomic mass is 16.1. The molecule has 8 heteroatoms. The molecule has 1 N–H and O–H groups in total. The van der Waals surface area contributed by atoms with Crippen LogP contribution in [0.4, 0.5) is 17.2 Å². The summed E-state index contributed by atoms with van der Waals surface area (Å²) in [5.41, 5.74) is 5.78. The van der Waals surface area contributed by atoms with Gasteiger partial charge in [0.25, 0.3) is 5.56 Å². The third kappa shape index (κ3) is 3.57. The first kappa shape index (κ1) is 18.8. The van der Waals surface area contributed by atoms with E-state index in [2.05, 4.69) is 37.4 Å². The van der Waals surface area contributed by atoms with Gasteiger partial charge < -0.3 is 10.2 Å². The maximum atomic E-state index is 12.2. The van der Waals surface area contributed by atoms with Gasteiger partial charge in [-0.3, -0.25) is 9.78 Å². The molecule has 0 saturated carbocycles. The van der Waals surface area contributed by atoms with E-state index < -0.39 is 0 Å². The molecule has 0 amide bonds. The van der Waals surface area contributed by atoms with Crippen molar-refractivity contribution in [2.24, 2.45) is 0 Å². The van der Waals surface area contributed by atoms with E-state index in [0.717, 1.165) is 47.0 Å². The van der Waals surface area contributed by atoms with Crippen LogP contribution in [-0.4, -0.2) is 26.1 Å². The lowest BCUT2D eigenvalue weighted by atomic mass is 10.0. The standard InChI is InChI=1S/C23H19N7O/c1-15-9-21-25-7-5-22(31)30(21)28-23(15)29-8-6-20-17(14-29)11-19(13-26-20)27-18-4-2-3-16(10-18)12-24/h2-5,7,9-11,13,27H,6,8,14H2,1H3. The summed E-state index contributed by atoms with van der Waals surface area (Å²) in [5.74, 6) is 0.772. The summed E-state index contributed by atoms with van der Waals surface area (Å²) in [6.45, 7) is 3.39. The lowest BCUT2D eigenvalue weighted by molar-refractivity contribution is 0.686. The van der Waals surface area contributed by atoms with Gasteiger partial charge in [-0.25, -0.2) is 4.98 Å². The van der Waals surface area contributed by atoms with Crippen molar-refractivity contribution >= 4 is 22.8 Å². The summed E-state index contributed by atoms with van der Waals surface area (Å²) in [4.78, 5) is 23.2. The van der Waals surface area contributed by atoms with Gasteiger partial charge in [0.2, 0.25) is 0 Å². The van der Waals surface area contributed by atoms with Gasteiger partial charge in [-0.05, 0) is 48.4 Å². The number of hydrogen-bond donors (Lipinski definition) is 1. The van der Waals surface area contributed by atoms with Crippen molar-refractivity contribution in [2.45, 2.75) is 19.9 Å². The molecule has 0 radical (unpaired) electrons. The Morgan fingerprint density at radius 1 is 1.13 bits per heavy atom. The van der Waals surface area contributed by atoms with Crippen molar-refractivity contribution in [3.8, 4) is 6.07 Å². The fourth-order valence-electron chi connectivity index (χ4n) is 3.87. The number of nitrogens with zero attached hydrogens (tertiary/aromatic N) is 6. The summed E-state index contributed by atoms with van der Waals surface area (Å²) in [6.07, 6.45) is 4.11. The average molecular weight is 409 g/mol. The van der Waals surface area contributed by atoms with Gasteiger partial charge in [-0.1, -0.05) is 6.07 Å². The first-order valence-electron chi connectivity index (χ1n) is 9.96. The number of anilines is 3. The van der Waals surface area contributed by atoms with E-state index in [0.29, 0.717) is 17.8 Å². The molecule has 0 aliphatic carbocycles. The lowest BCUT2D eigenvalue weighted by Gasteiger charge is -2.30. The van der Waals surface area contributed by atoms with E-state index in [1.54, 1.807) is 12.1 Å². The third-order valence-corrected chi connectivity index (χ3v) is 5.36. The van der Waals surface area contributed by atoms with Crippen LogP contribution in [0.15, 0.2) is 59.7 Å². The average Bonchev–Trinajstić information content (AvgIpc) is 2.78. The highest BCUT2D eigenvalue weighted by Gasteiger charge is 2.21. The Morgan fingerprint density at radius 3 is 2.90 bits per heavy atom. The van der Waals surface area contributed by atoms with E-state index in [4.69, 9.17) is 5.26 Å². The molecule has 0 atom stereocenters. The molecule has 4 heterocycles. The Morgan fingerprint density at radius 2 is 2.03 bits per heavy atom. The van der Waals surface area contributed by atoms with Crippen LogP contribution in [0.3, 0.4) is 0 Å². The zero-order chi connectivity index (χ0) is 21.4. The summed E-state index contributed by atoms with van der Waals surface area (Å²) < 4.78 is 1.34. The van der Waals surface area contributed by atoms with E-state index in [-0.39, 0.29) is 5.56 Å². The molecule has 0 unspecified atom stereocenters. The van der Waals surface area contributed by atoms with Crippen molar-refractivity contribution < 1.29 is 0 Å². The SMILES string of the molecule is Cc1cc2nccc(=O)n2nc1N1CCc2ncc(Nc3cccc(C#N)c3)cc2C1. The molecule has 1 aromatic carbocycles. The summed E-state index contributed by atoms with van der Waals surface area (Å²) in [5, 5.41) is 17.0. The largest absolute Gasteiger partial charge is 0.354 e. The molecular weight excluding hydrogens is 390 g/mol. The van der Waals surface area contributed by atoms with Crippen molar-refractivity contribution in [2.75, 3.05) is 16.8 Å². The lowest BCUT2D eigenvalue weighted by Crippen LogP contribution is -2.33. The minimum atomic E-state index is -0.198. The van der Waals surface area contributed by atoms with Gasteiger partial charge in [-0.2, -0.15) is 9.78 Å². The monoisotopic (exact) mass is 409 g/mol. The van der Waals surface area contributed by atoms with Crippen LogP contribution >= 0.6 is 0 Å². The van der Waals surface area contributed by atoms with Crippen molar-refractivity contribution in [3.63, 3.8) is 0 Å². The normalized spacial score (nSPS) is 13.0. The highest BCUT2D eigenvalue weighted by Crippen LogP contribution is 2.27. The van der Waals surface area contributed by atoms with Gasteiger partial charge in [0.15, 0.2) is 11.5 Å². The topological polar surface area (TPSA) is 99.2 Å². The number of aromatic nitrogens is 4. The van der Waals surface area contributed by atoms with E-state index >= 15 is 0 Å². The maximum absolute atomic E-state index is 12.2. The first-order valence-corrected chi connectivity index (χ1v) is 9.96. The number of aryl methyl sites for hydroxylation is 1. The smallest absolute Gasteiger partial charge is 0.274 e. The number of hydrogen-bond acceptors (Lipinski definition) is 7. The van der Waals surface area contributed by atoms with Gasteiger partial charge in [0, 0.05) is 43.2 Å². The Bertz CT molecular complexity index is 1400. The van der Waals surface area contributed by atoms with Crippen molar-refractivity contribution in [1.82, 2.24) is 19.6 Å². The molecule has 1 aliphatic heterocycles. The molecule has 31 heavy (non-hydrogen) atoms. The molecule has 0 fully saturated rings. The first-order chi connectivity index (χ1) is 15.1. The predicted octanol–water partition coefficient (Wildman–Crippen LogP) is 2.97. The van der Waals surface area contributed by atoms with Crippen LogP contribution < -0.4 is 15.8 Å². The number of rotatable bonds is 3. The third-order valence-electron chi connectivity index (χ3n) is 5.36. The minimum absolute atomic E-state index is 0.198. The number of benzene rings is 1. The molecule has 4 aromatic rings. The highest BCUT2D eigenvalue weighted by molar-refractivity contribution is 5.62. The fourth-order valence-corrected chi connectivity index (χ4v) is 3.87. The van der Waals surface area contributed by atoms with Gasteiger partial charge in [0.1, 0.15) is 0 Å². The summed E-state index contributed by atoms with van der Waals surface area (Å²) >= 11 is 0. The zero-order valence-electron chi connectivity index (χ0n) is 16.9. The Labute approximate surface area is 178 Å². The number of nitrogens with one attached hydrogen (secondary N) is 1. The number of fused-ring (bicyclic) bond motifs is 2. The molecule has 1 aliphatic rings. The minimum Gasteiger partial charge on any atom is -0.354 e. The van der Waals surface area contributed by atoms with E-state index in [1.165, 1.54) is 16.8 Å². The second kappa shape index (κ2) is 7.54.